The van der Waals surface area contributed by atoms with Crippen molar-refractivity contribution in [3.8, 4) is 0 Å². The first-order chi connectivity index (χ1) is 5.68. The highest BCUT2D eigenvalue weighted by atomic mass is 79.9. The maximum Gasteiger partial charge on any atom is 0.137 e. The van der Waals surface area contributed by atoms with Gasteiger partial charge in [-0.3, -0.25) is 0 Å². The molecule has 2 aromatic rings. The zero-order chi connectivity index (χ0) is 8.72. The van der Waals surface area contributed by atoms with Gasteiger partial charge in [0.2, 0.25) is 0 Å². The van der Waals surface area contributed by atoms with Crippen LogP contribution >= 0.6 is 15.9 Å². The molecular weight excluding hydrogens is 216 g/mol. The fourth-order valence-electron chi connectivity index (χ4n) is 1.29. The molecule has 0 amide bonds. The van der Waals surface area contributed by atoms with Gasteiger partial charge in [0.05, 0.1) is 5.69 Å². The lowest BCUT2D eigenvalue weighted by atomic mass is 10.4. The van der Waals surface area contributed by atoms with Crippen molar-refractivity contribution in [1.82, 2.24) is 9.38 Å². The fourth-order valence-corrected chi connectivity index (χ4v) is 1.61. The van der Waals surface area contributed by atoms with E-state index in [4.69, 9.17) is 0 Å². The molecule has 2 aromatic heterocycles. The standard InChI is InChI=1S/C9H9BrN2/c1-6-5-12-7(2)8(10)3-4-9(12)11-6/h3-5H,1-2H3. The van der Waals surface area contributed by atoms with Gasteiger partial charge in [-0.2, -0.15) is 0 Å². The molecule has 0 spiro atoms. The first-order valence-electron chi connectivity index (χ1n) is 3.79. The van der Waals surface area contributed by atoms with E-state index in [1.807, 2.05) is 25.3 Å². The number of pyridine rings is 1. The summed E-state index contributed by atoms with van der Waals surface area (Å²) in [4.78, 5) is 4.36. The predicted molar refractivity (Wildman–Crippen MR) is 52.4 cm³/mol. The molecule has 62 valence electrons. The van der Waals surface area contributed by atoms with Crippen molar-refractivity contribution in [1.29, 1.82) is 0 Å². The highest BCUT2D eigenvalue weighted by Crippen LogP contribution is 2.17. The van der Waals surface area contributed by atoms with E-state index in [0.717, 1.165) is 15.8 Å². The van der Waals surface area contributed by atoms with Crippen LogP contribution in [0.2, 0.25) is 0 Å². The van der Waals surface area contributed by atoms with Crippen LogP contribution in [-0.4, -0.2) is 9.38 Å². The molecule has 0 fully saturated rings. The van der Waals surface area contributed by atoms with E-state index in [9.17, 15) is 0 Å². The van der Waals surface area contributed by atoms with Gasteiger partial charge < -0.3 is 4.40 Å². The monoisotopic (exact) mass is 224 g/mol. The van der Waals surface area contributed by atoms with Gasteiger partial charge in [-0.15, -0.1) is 0 Å². The van der Waals surface area contributed by atoms with Crippen molar-refractivity contribution >= 4 is 21.6 Å². The lowest BCUT2D eigenvalue weighted by Crippen LogP contribution is -1.89. The average molecular weight is 225 g/mol. The molecule has 0 aliphatic carbocycles. The molecule has 0 aliphatic heterocycles. The Hall–Kier alpha value is -0.830. The minimum Gasteiger partial charge on any atom is -0.303 e. The first-order valence-corrected chi connectivity index (χ1v) is 4.58. The third-order valence-corrected chi connectivity index (χ3v) is 2.78. The van der Waals surface area contributed by atoms with Gasteiger partial charge in [-0.1, -0.05) is 0 Å². The lowest BCUT2D eigenvalue weighted by Gasteiger charge is -2.00. The predicted octanol–water partition coefficient (Wildman–Crippen LogP) is 2.71. The summed E-state index contributed by atoms with van der Waals surface area (Å²) in [6.45, 7) is 4.07. The number of hydrogen-bond acceptors (Lipinski definition) is 1. The van der Waals surface area contributed by atoms with Gasteiger partial charge in [-0.25, -0.2) is 4.98 Å². The fraction of sp³-hybridized carbons (Fsp3) is 0.222. The summed E-state index contributed by atoms with van der Waals surface area (Å²) in [5.74, 6) is 0. The van der Waals surface area contributed by atoms with Crippen molar-refractivity contribution in [3.63, 3.8) is 0 Å². The Bertz CT molecular complexity index is 431. The Morgan fingerprint density at radius 2 is 2.08 bits per heavy atom. The van der Waals surface area contributed by atoms with Gasteiger partial charge in [0, 0.05) is 16.4 Å². The summed E-state index contributed by atoms with van der Waals surface area (Å²) in [6.07, 6.45) is 2.04. The summed E-state index contributed by atoms with van der Waals surface area (Å²) in [5.41, 5.74) is 3.25. The van der Waals surface area contributed by atoms with Crippen LogP contribution in [0.25, 0.3) is 5.65 Å². The summed E-state index contributed by atoms with van der Waals surface area (Å²) >= 11 is 3.48. The van der Waals surface area contributed by atoms with E-state index in [0.29, 0.717) is 0 Å². The normalized spacial score (nSPS) is 10.9. The average Bonchev–Trinajstić information content (AvgIpc) is 2.39. The van der Waals surface area contributed by atoms with E-state index in [1.165, 1.54) is 5.69 Å². The third kappa shape index (κ3) is 1.05. The molecule has 0 unspecified atom stereocenters. The molecule has 2 heterocycles. The zero-order valence-electron chi connectivity index (χ0n) is 7.00. The number of imidazole rings is 1. The molecular formula is C9H9BrN2. The van der Waals surface area contributed by atoms with Crippen LogP contribution in [0.5, 0.6) is 0 Å². The van der Waals surface area contributed by atoms with Crippen molar-refractivity contribution in [2.45, 2.75) is 13.8 Å². The molecule has 0 saturated heterocycles. The maximum absolute atomic E-state index is 4.36. The highest BCUT2D eigenvalue weighted by molar-refractivity contribution is 9.10. The Balaban J connectivity index is 2.89. The van der Waals surface area contributed by atoms with Crippen molar-refractivity contribution in [2.75, 3.05) is 0 Å². The minimum absolute atomic E-state index is 1.01. The largest absolute Gasteiger partial charge is 0.303 e. The van der Waals surface area contributed by atoms with E-state index < -0.39 is 0 Å². The van der Waals surface area contributed by atoms with Crippen LogP contribution in [0.1, 0.15) is 11.4 Å². The summed E-state index contributed by atoms with van der Waals surface area (Å²) in [7, 11) is 0. The molecule has 0 aliphatic rings. The second-order valence-electron chi connectivity index (χ2n) is 2.88. The number of hydrogen-bond donors (Lipinski definition) is 0. The Morgan fingerprint density at radius 1 is 1.33 bits per heavy atom. The quantitative estimate of drug-likeness (QED) is 0.673. The van der Waals surface area contributed by atoms with Gasteiger partial charge in [0.15, 0.2) is 0 Å². The van der Waals surface area contributed by atoms with Crippen molar-refractivity contribution < 1.29 is 0 Å². The molecule has 12 heavy (non-hydrogen) atoms. The maximum atomic E-state index is 4.36. The zero-order valence-corrected chi connectivity index (χ0v) is 8.59. The second kappa shape index (κ2) is 2.59. The number of fused-ring (bicyclic) bond motifs is 1. The second-order valence-corrected chi connectivity index (χ2v) is 3.73. The van der Waals surface area contributed by atoms with Gasteiger partial charge >= 0.3 is 0 Å². The molecule has 0 aromatic carbocycles. The number of halogens is 1. The molecule has 0 saturated carbocycles. The summed E-state index contributed by atoms with van der Waals surface area (Å²) in [5, 5.41) is 0. The SMILES string of the molecule is Cc1cn2c(C)c(Br)ccc2n1. The molecule has 0 atom stereocenters. The van der Waals surface area contributed by atoms with Crippen LogP contribution in [-0.2, 0) is 0 Å². The summed E-state index contributed by atoms with van der Waals surface area (Å²) < 4.78 is 3.20. The van der Waals surface area contributed by atoms with Crippen LogP contribution in [0.3, 0.4) is 0 Å². The van der Waals surface area contributed by atoms with Gasteiger partial charge in [0.25, 0.3) is 0 Å². The minimum atomic E-state index is 1.01. The smallest absolute Gasteiger partial charge is 0.137 e. The Kier molecular flexibility index (Phi) is 1.68. The number of aryl methyl sites for hydroxylation is 2. The van der Waals surface area contributed by atoms with E-state index >= 15 is 0 Å². The van der Waals surface area contributed by atoms with Crippen molar-refractivity contribution in [3.05, 3.63) is 34.2 Å². The molecule has 0 N–H and O–H groups in total. The van der Waals surface area contributed by atoms with Crippen LogP contribution in [0.15, 0.2) is 22.8 Å². The topological polar surface area (TPSA) is 17.3 Å². The van der Waals surface area contributed by atoms with Gasteiger partial charge in [-0.05, 0) is 41.9 Å². The number of aromatic nitrogens is 2. The Labute approximate surface area is 79.4 Å². The Morgan fingerprint density at radius 3 is 2.83 bits per heavy atom. The van der Waals surface area contributed by atoms with Crippen LogP contribution in [0.4, 0.5) is 0 Å². The third-order valence-electron chi connectivity index (χ3n) is 1.94. The molecule has 0 bridgehead atoms. The highest BCUT2D eigenvalue weighted by Gasteiger charge is 2.01. The van der Waals surface area contributed by atoms with Crippen molar-refractivity contribution in [2.24, 2.45) is 0 Å². The molecule has 3 heteroatoms. The molecule has 2 rings (SSSR count). The lowest BCUT2D eigenvalue weighted by molar-refractivity contribution is 1.08. The molecule has 0 radical (unpaired) electrons. The van der Waals surface area contributed by atoms with Crippen LogP contribution in [0, 0.1) is 13.8 Å². The number of nitrogens with zero attached hydrogens (tertiary/aromatic N) is 2. The number of rotatable bonds is 0. The first kappa shape index (κ1) is 7.80. The van der Waals surface area contributed by atoms with E-state index in [-0.39, 0.29) is 0 Å². The summed E-state index contributed by atoms with van der Waals surface area (Å²) in [6, 6.07) is 4.03. The van der Waals surface area contributed by atoms with Crippen LogP contribution < -0.4 is 0 Å². The van der Waals surface area contributed by atoms with E-state index in [2.05, 4.69) is 32.2 Å². The van der Waals surface area contributed by atoms with E-state index in [1.54, 1.807) is 0 Å². The molecule has 2 nitrogen and oxygen atoms in total. The van der Waals surface area contributed by atoms with Gasteiger partial charge in [0.1, 0.15) is 5.65 Å².